The summed E-state index contributed by atoms with van der Waals surface area (Å²) in [6.45, 7) is 1.37. The van der Waals surface area contributed by atoms with Crippen molar-refractivity contribution in [1.82, 2.24) is 4.90 Å². The summed E-state index contributed by atoms with van der Waals surface area (Å²) in [6, 6.07) is 6.46. The SMILES string of the molecule is O=C(c1ccc(F)c(Br)c1)N1CCc2sccc2C1. The summed E-state index contributed by atoms with van der Waals surface area (Å²) in [6.07, 6.45) is 0.904. The second-order valence-corrected chi connectivity index (χ2v) is 6.33. The fraction of sp³-hybridized carbons (Fsp3) is 0.214. The van der Waals surface area contributed by atoms with Gasteiger partial charge >= 0.3 is 0 Å². The second-order valence-electron chi connectivity index (χ2n) is 4.47. The zero-order valence-corrected chi connectivity index (χ0v) is 12.4. The predicted molar refractivity (Wildman–Crippen MR) is 76.9 cm³/mol. The Morgan fingerprint density at radius 1 is 1.37 bits per heavy atom. The average molecular weight is 340 g/mol. The lowest BCUT2D eigenvalue weighted by Gasteiger charge is -2.27. The van der Waals surface area contributed by atoms with E-state index in [0.29, 0.717) is 16.6 Å². The van der Waals surface area contributed by atoms with E-state index in [1.807, 2.05) is 4.90 Å². The molecule has 98 valence electrons. The summed E-state index contributed by atoms with van der Waals surface area (Å²) < 4.78 is 13.5. The molecule has 0 fully saturated rings. The molecule has 1 aromatic heterocycles. The Hall–Kier alpha value is -1.20. The zero-order chi connectivity index (χ0) is 13.4. The summed E-state index contributed by atoms with van der Waals surface area (Å²) in [4.78, 5) is 15.6. The van der Waals surface area contributed by atoms with Crippen LogP contribution in [-0.2, 0) is 13.0 Å². The van der Waals surface area contributed by atoms with Gasteiger partial charge in [0.05, 0.1) is 4.47 Å². The quantitative estimate of drug-likeness (QED) is 0.772. The molecule has 3 rings (SSSR count). The van der Waals surface area contributed by atoms with Crippen LogP contribution in [0.4, 0.5) is 4.39 Å². The van der Waals surface area contributed by atoms with Crippen LogP contribution in [0.25, 0.3) is 0 Å². The van der Waals surface area contributed by atoms with Crippen molar-refractivity contribution in [2.75, 3.05) is 6.54 Å². The van der Waals surface area contributed by atoms with Gasteiger partial charge in [-0.1, -0.05) is 0 Å². The molecule has 0 bridgehead atoms. The molecule has 0 aliphatic carbocycles. The number of amides is 1. The first-order valence-corrected chi connectivity index (χ1v) is 7.62. The zero-order valence-electron chi connectivity index (χ0n) is 10.0. The number of nitrogens with zero attached hydrogens (tertiary/aromatic N) is 1. The third kappa shape index (κ3) is 2.44. The van der Waals surface area contributed by atoms with E-state index in [1.54, 1.807) is 17.4 Å². The first-order valence-electron chi connectivity index (χ1n) is 5.95. The molecule has 2 nitrogen and oxygen atoms in total. The number of fused-ring (bicyclic) bond motifs is 1. The molecule has 0 spiro atoms. The Morgan fingerprint density at radius 2 is 2.21 bits per heavy atom. The van der Waals surface area contributed by atoms with Gasteiger partial charge in [0.25, 0.3) is 5.91 Å². The van der Waals surface area contributed by atoms with Crippen LogP contribution < -0.4 is 0 Å². The van der Waals surface area contributed by atoms with E-state index in [0.717, 1.165) is 13.0 Å². The Kier molecular flexibility index (Phi) is 3.41. The first kappa shape index (κ1) is 12.8. The minimum absolute atomic E-state index is 0.0439. The van der Waals surface area contributed by atoms with Crippen LogP contribution in [0, 0.1) is 5.82 Å². The van der Waals surface area contributed by atoms with Gasteiger partial charge in [0.1, 0.15) is 5.82 Å². The standard InChI is InChI=1S/C14H11BrFNOS/c15-11-7-9(1-2-12(11)16)14(18)17-5-3-13-10(8-17)4-6-19-13/h1-2,4,6-7H,3,5,8H2. The van der Waals surface area contributed by atoms with Gasteiger partial charge in [-0.3, -0.25) is 4.79 Å². The Labute approximate surface area is 123 Å². The lowest BCUT2D eigenvalue weighted by atomic mass is 10.1. The molecule has 0 saturated carbocycles. The summed E-state index contributed by atoms with van der Waals surface area (Å²) in [7, 11) is 0. The number of halogens is 2. The summed E-state index contributed by atoms with van der Waals surface area (Å²) in [5.74, 6) is -0.395. The molecular formula is C14H11BrFNOS. The van der Waals surface area contributed by atoms with Crippen LogP contribution in [0.3, 0.4) is 0 Å². The highest BCUT2D eigenvalue weighted by Crippen LogP contribution is 2.25. The molecule has 2 heterocycles. The molecule has 0 radical (unpaired) electrons. The molecular weight excluding hydrogens is 329 g/mol. The molecule has 19 heavy (non-hydrogen) atoms. The van der Waals surface area contributed by atoms with Gasteiger partial charge in [-0.05, 0) is 57.6 Å². The molecule has 1 aliphatic rings. The van der Waals surface area contributed by atoms with Crippen LogP contribution in [0.15, 0.2) is 34.1 Å². The highest BCUT2D eigenvalue weighted by Gasteiger charge is 2.22. The maximum atomic E-state index is 13.2. The van der Waals surface area contributed by atoms with Gasteiger partial charge in [-0.15, -0.1) is 11.3 Å². The molecule has 2 aromatic rings. The average Bonchev–Trinajstić information content (AvgIpc) is 2.88. The largest absolute Gasteiger partial charge is 0.334 e. The third-order valence-electron chi connectivity index (χ3n) is 3.26. The molecule has 1 aliphatic heterocycles. The monoisotopic (exact) mass is 339 g/mol. The third-order valence-corrected chi connectivity index (χ3v) is 4.89. The first-order chi connectivity index (χ1) is 9.15. The number of hydrogen-bond acceptors (Lipinski definition) is 2. The van der Waals surface area contributed by atoms with Gasteiger partial charge in [-0.25, -0.2) is 4.39 Å². The van der Waals surface area contributed by atoms with Crippen molar-refractivity contribution in [3.05, 3.63) is 55.9 Å². The molecule has 0 saturated heterocycles. The maximum Gasteiger partial charge on any atom is 0.254 e. The second kappa shape index (κ2) is 5.06. The van der Waals surface area contributed by atoms with E-state index in [4.69, 9.17) is 0 Å². The molecule has 5 heteroatoms. The molecule has 0 N–H and O–H groups in total. The number of hydrogen-bond donors (Lipinski definition) is 0. The van der Waals surface area contributed by atoms with E-state index >= 15 is 0 Å². The van der Waals surface area contributed by atoms with Crippen molar-refractivity contribution in [3.8, 4) is 0 Å². The number of rotatable bonds is 1. The highest BCUT2D eigenvalue weighted by atomic mass is 79.9. The van der Waals surface area contributed by atoms with Crippen molar-refractivity contribution in [1.29, 1.82) is 0 Å². The van der Waals surface area contributed by atoms with E-state index < -0.39 is 0 Å². The van der Waals surface area contributed by atoms with E-state index in [2.05, 4.69) is 27.4 Å². The molecule has 0 atom stereocenters. The lowest BCUT2D eigenvalue weighted by Crippen LogP contribution is -2.35. The van der Waals surface area contributed by atoms with Crippen LogP contribution in [0.5, 0.6) is 0 Å². The van der Waals surface area contributed by atoms with E-state index in [1.165, 1.54) is 22.6 Å². The summed E-state index contributed by atoms with van der Waals surface area (Å²) in [5.41, 5.74) is 1.75. The fourth-order valence-electron chi connectivity index (χ4n) is 2.23. The van der Waals surface area contributed by atoms with Gasteiger partial charge in [0.2, 0.25) is 0 Å². The van der Waals surface area contributed by atoms with E-state index in [9.17, 15) is 9.18 Å². The lowest BCUT2D eigenvalue weighted by molar-refractivity contribution is 0.0735. The Bertz CT molecular complexity index is 640. The van der Waals surface area contributed by atoms with Crippen molar-refractivity contribution < 1.29 is 9.18 Å². The van der Waals surface area contributed by atoms with Crippen LogP contribution in [0.1, 0.15) is 20.8 Å². The number of thiophene rings is 1. The predicted octanol–water partition coefficient (Wildman–Crippen LogP) is 3.85. The van der Waals surface area contributed by atoms with E-state index in [-0.39, 0.29) is 11.7 Å². The topological polar surface area (TPSA) is 20.3 Å². The number of benzene rings is 1. The number of carbonyl (C=O) groups excluding carboxylic acids is 1. The van der Waals surface area contributed by atoms with Gasteiger partial charge < -0.3 is 4.90 Å². The minimum atomic E-state index is -0.352. The van der Waals surface area contributed by atoms with Crippen molar-refractivity contribution in [2.45, 2.75) is 13.0 Å². The fourth-order valence-corrected chi connectivity index (χ4v) is 3.50. The number of carbonyl (C=O) groups is 1. The Balaban J connectivity index is 1.83. The minimum Gasteiger partial charge on any atom is -0.334 e. The van der Waals surface area contributed by atoms with Gasteiger partial charge in [0, 0.05) is 23.5 Å². The summed E-state index contributed by atoms with van der Waals surface area (Å²) in [5, 5.41) is 2.06. The smallest absolute Gasteiger partial charge is 0.254 e. The van der Waals surface area contributed by atoms with Crippen LogP contribution >= 0.6 is 27.3 Å². The summed E-state index contributed by atoms with van der Waals surface area (Å²) >= 11 is 4.86. The molecule has 0 unspecified atom stereocenters. The van der Waals surface area contributed by atoms with Crippen LogP contribution in [0.2, 0.25) is 0 Å². The van der Waals surface area contributed by atoms with Gasteiger partial charge in [-0.2, -0.15) is 0 Å². The normalized spacial score (nSPS) is 14.3. The maximum absolute atomic E-state index is 13.2. The van der Waals surface area contributed by atoms with Crippen LogP contribution in [-0.4, -0.2) is 17.4 Å². The highest BCUT2D eigenvalue weighted by molar-refractivity contribution is 9.10. The molecule has 1 aromatic carbocycles. The molecule has 1 amide bonds. The van der Waals surface area contributed by atoms with Crippen molar-refractivity contribution >= 4 is 33.2 Å². The van der Waals surface area contributed by atoms with Gasteiger partial charge in [0.15, 0.2) is 0 Å². The van der Waals surface area contributed by atoms with Crippen molar-refractivity contribution in [3.63, 3.8) is 0 Å². The van der Waals surface area contributed by atoms with Crippen molar-refractivity contribution in [2.24, 2.45) is 0 Å². The Morgan fingerprint density at radius 3 is 3.00 bits per heavy atom.